The fourth-order valence-corrected chi connectivity index (χ4v) is 2.48. The van der Waals surface area contributed by atoms with Gasteiger partial charge in [0.25, 0.3) is 0 Å². The van der Waals surface area contributed by atoms with E-state index in [9.17, 15) is 8.78 Å². The van der Waals surface area contributed by atoms with E-state index in [2.05, 4.69) is 37.4 Å². The van der Waals surface area contributed by atoms with Crippen LogP contribution in [0, 0.1) is 3.57 Å². The van der Waals surface area contributed by atoms with Gasteiger partial charge in [-0.2, -0.15) is 0 Å². The standard InChI is InChI=1S/C15H12F2INO2/c1-9(10-2-4-11(18)5-3-10)19-12-6-7-13-14(8-12)21-15(16,17)20-13/h2-9,19H,1H3. The van der Waals surface area contributed by atoms with Crippen LogP contribution < -0.4 is 14.8 Å². The fourth-order valence-electron chi connectivity index (χ4n) is 2.12. The van der Waals surface area contributed by atoms with E-state index >= 15 is 0 Å². The van der Waals surface area contributed by atoms with E-state index in [-0.39, 0.29) is 17.5 Å². The smallest absolute Gasteiger partial charge is 0.395 e. The molecular weight excluding hydrogens is 391 g/mol. The number of hydrogen-bond acceptors (Lipinski definition) is 3. The molecule has 0 saturated carbocycles. The number of ether oxygens (including phenoxy) is 2. The molecule has 0 bridgehead atoms. The molecule has 1 aliphatic rings. The molecule has 6 heteroatoms. The molecule has 0 aromatic heterocycles. The van der Waals surface area contributed by atoms with Crippen molar-refractivity contribution in [3.05, 3.63) is 51.6 Å². The number of alkyl halides is 2. The quantitative estimate of drug-likeness (QED) is 0.749. The predicted octanol–water partition coefficient (Wildman–Crippen LogP) is 4.79. The number of rotatable bonds is 3. The van der Waals surface area contributed by atoms with Gasteiger partial charge in [-0.25, -0.2) is 0 Å². The van der Waals surface area contributed by atoms with Gasteiger partial charge in [-0.05, 0) is 59.3 Å². The van der Waals surface area contributed by atoms with Crippen LogP contribution in [0.1, 0.15) is 18.5 Å². The van der Waals surface area contributed by atoms with Crippen molar-refractivity contribution in [2.24, 2.45) is 0 Å². The highest BCUT2D eigenvalue weighted by molar-refractivity contribution is 14.1. The first-order valence-corrected chi connectivity index (χ1v) is 7.43. The molecule has 0 radical (unpaired) electrons. The molecule has 1 unspecified atom stereocenters. The summed E-state index contributed by atoms with van der Waals surface area (Å²) in [5.74, 6) is 0.0901. The zero-order valence-corrected chi connectivity index (χ0v) is 13.2. The SMILES string of the molecule is CC(Nc1ccc2c(c1)OC(F)(F)O2)c1ccc(I)cc1. The van der Waals surface area contributed by atoms with Gasteiger partial charge in [0.05, 0.1) is 0 Å². The van der Waals surface area contributed by atoms with Gasteiger partial charge in [0, 0.05) is 21.4 Å². The van der Waals surface area contributed by atoms with Crippen LogP contribution in [0.2, 0.25) is 0 Å². The summed E-state index contributed by atoms with van der Waals surface area (Å²) in [5.41, 5.74) is 1.81. The minimum absolute atomic E-state index is 0.0415. The molecule has 2 aromatic carbocycles. The Morgan fingerprint density at radius 1 is 1.05 bits per heavy atom. The van der Waals surface area contributed by atoms with Gasteiger partial charge in [-0.3, -0.25) is 0 Å². The van der Waals surface area contributed by atoms with Crippen molar-refractivity contribution in [1.82, 2.24) is 0 Å². The Hall–Kier alpha value is -1.57. The lowest BCUT2D eigenvalue weighted by Crippen LogP contribution is -2.25. The average Bonchev–Trinajstić information content (AvgIpc) is 2.72. The maximum Gasteiger partial charge on any atom is 0.586 e. The lowest BCUT2D eigenvalue weighted by molar-refractivity contribution is -0.286. The first-order valence-electron chi connectivity index (χ1n) is 6.35. The van der Waals surface area contributed by atoms with Crippen LogP contribution in [-0.4, -0.2) is 6.29 Å². The van der Waals surface area contributed by atoms with Crippen LogP contribution in [0.3, 0.4) is 0 Å². The van der Waals surface area contributed by atoms with Crippen molar-refractivity contribution in [2.75, 3.05) is 5.32 Å². The summed E-state index contributed by atoms with van der Waals surface area (Å²) >= 11 is 2.24. The second-order valence-corrected chi connectivity index (χ2v) is 5.99. The van der Waals surface area contributed by atoms with Gasteiger partial charge in [0.1, 0.15) is 0 Å². The van der Waals surface area contributed by atoms with Crippen molar-refractivity contribution >= 4 is 28.3 Å². The molecule has 0 amide bonds. The number of halogens is 3. The Morgan fingerprint density at radius 2 is 1.71 bits per heavy atom. The Bertz CT molecular complexity index is 661. The molecule has 1 aliphatic heterocycles. The molecule has 3 nitrogen and oxygen atoms in total. The van der Waals surface area contributed by atoms with Gasteiger partial charge in [-0.1, -0.05) is 12.1 Å². The van der Waals surface area contributed by atoms with E-state index in [1.807, 2.05) is 31.2 Å². The monoisotopic (exact) mass is 403 g/mol. The third-order valence-electron chi connectivity index (χ3n) is 3.15. The van der Waals surface area contributed by atoms with Gasteiger partial charge in [0.15, 0.2) is 11.5 Å². The Morgan fingerprint density at radius 3 is 2.43 bits per heavy atom. The molecule has 21 heavy (non-hydrogen) atoms. The zero-order chi connectivity index (χ0) is 15.0. The van der Waals surface area contributed by atoms with Crippen molar-refractivity contribution < 1.29 is 18.3 Å². The van der Waals surface area contributed by atoms with Crippen LogP contribution in [0.4, 0.5) is 14.5 Å². The topological polar surface area (TPSA) is 30.5 Å². The summed E-state index contributed by atoms with van der Waals surface area (Å²) in [7, 11) is 0. The maximum absolute atomic E-state index is 13.0. The van der Waals surface area contributed by atoms with Crippen molar-refractivity contribution in [3.8, 4) is 11.5 Å². The van der Waals surface area contributed by atoms with Crippen LogP contribution >= 0.6 is 22.6 Å². The van der Waals surface area contributed by atoms with E-state index in [1.54, 1.807) is 6.07 Å². The largest absolute Gasteiger partial charge is 0.586 e. The average molecular weight is 403 g/mol. The number of nitrogens with one attached hydrogen (secondary N) is 1. The zero-order valence-electron chi connectivity index (χ0n) is 11.1. The molecule has 2 aromatic rings. The molecule has 3 rings (SSSR count). The van der Waals surface area contributed by atoms with Crippen molar-refractivity contribution in [1.29, 1.82) is 0 Å². The van der Waals surface area contributed by atoms with Gasteiger partial charge < -0.3 is 14.8 Å². The van der Waals surface area contributed by atoms with E-state index in [4.69, 9.17) is 0 Å². The fraction of sp³-hybridized carbons (Fsp3) is 0.200. The summed E-state index contributed by atoms with van der Waals surface area (Å²) < 4.78 is 35.9. The van der Waals surface area contributed by atoms with E-state index in [1.165, 1.54) is 12.1 Å². The molecule has 1 heterocycles. The highest BCUT2D eigenvalue weighted by Crippen LogP contribution is 2.42. The second kappa shape index (κ2) is 5.32. The summed E-state index contributed by atoms with van der Waals surface area (Å²) in [5, 5.41) is 3.25. The van der Waals surface area contributed by atoms with Crippen LogP contribution in [0.5, 0.6) is 11.5 Å². The molecule has 0 spiro atoms. The minimum Gasteiger partial charge on any atom is -0.395 e. The Labute approximate surface area is 134 Å². The van der Waals surface area contributed by atoms with E-state index in [0.29, 0.717) is 5.69 Å². The first kappa shape index (κ1) is 14.4. The van der Waals surface area contributed by atoms with Crippen LogP contribution in [0.25, 0.3) is 0 Å². The number of benzene rings is 2. The third kappa shape index (κ3) is 3.20. The number of fused-ring (bicyclic) bond motifs is 1. The Kier molecular flexibility index (Phi) is 3.64. The molecule has 0 fully saturated rings. The lowest BCUT2D eigenvalue weighted by Gasteiger charge is -2.16. The van der Waals surface area contributed by atoms with E-state index in [0.717, 1.165) is 9.13 Å². The lowest BCUT2D eigenvalue weighted by atomic mass is 10.1. The Balaban J connectivity index is 1.76. The molecule has 0 saturated heterocycles. The van der Waals surface area contributed by atoms with Crippen LogP contribution in [-0.2, 0) is 0 Å². The highest BCUT2D eigenvalue weighted by Gasteiger charge is 2.43. The summed E-state index contributed by atoms with van der Waals surface area (Å²) in [6, 6.07) is 12.8. The second-order valence-electron chi connectivity index (χ2n) is 4.75. The highest BCUT2D eigenvalue weighted by atomic mass is 127. The van der Waals surface area contributed by atoms with Gasteiger partial charge in [0.2, 0.25) is 0 Å². The minimum atomic E-state index is -3.58. The van der Waals surface area contributed by atoms with Gasteiger partial charge in [-0.15, -0.1) is 8.78 Å². The van der Waals surface area contributed by atoms with Crippen LogP contribution in [0.15, 0.2) is 42.5 Å². The van der Waals surface area contributed by atoms with Crippen molar-refractivity contribution in [3.63, 3.8) is 0 Å². The maximum atomic E-state index is 13.0. The van der Waals surface area contributed by atoms with Crippen molar-refractivity contribution in [2.45, 2.75) is 19.3 Å². The normalized spacial score (nSPS) is 16.6. The molecule has 1 N–H and O–H groups in total. The number of anilines is 1. The number of hydrogen-bond donors (Lipinski definition) is 1. The molecular formula is C15H12F2INO2. The molecule has 110 valence electrons. The molecule has 0 aliphatic carbocycles. The first-order chi connectivity index (χ1) is 9.93. The van der Waals surface area contributed by atoms with Gasteiger partial charge >= 0.3 is 6.29 Å². The summed E-state index contributed by atoms with van der Waals surface area (Å²) in [4.78, 5) is 0. The molecule has 1 atom stereocenters. The summed E-state index contributed by atoms with van der Waals surface area (Å²) in [6.07, 6.45) is -3.58. The van der Waals surface area contributed by atoms with E-state index < -0.39 is 6.29 Å². The third-order valence-corrected chi connectivity index (χ3v) is 3.87. The summed E-state index contributed by atoms with van der Waals surface area (Å²) in [6.45, 7) is 2.00. The predicted molar refractivity (Wildman–Crippen MR) is 83.8 cm³/mol.